The highest BCUT2D eigenvalue weighted by molar-refractivity contribution is 7.89. The van der Waals surface area contributed by atoms with Gasteiger partial charge in [-0.1, -0.05) is 13.0 Å². The molecule has 1 saturated heterocycles. The van der Waals surface area contributed by atoms with E-state index in [0.29, 0.717) is 12.0 Å². The number of nitrogens with one attached hydrogen (secondary N) is 1. The van der Waals surface area contributed by atoms with Crippen LogP contribution in [0.1, 0.15) is 35.7 Å². The molecule has 26 heavy (non-hydrogen) atoms. The van der Waals surface area contributed by atoms with Gasteiger partial charge in [0, 0.05) is 31.8 Å². The zero-order chi connectivity index (χ0) is 19.5. The van der Waals surface area contributed by atoms with Crippen molar-refractivity contribution in [3.05, 3.63) is 29.3 Å². The Bertz CT molecular complexity index is 792. The lowest BCUT2D eigenvalue weighted by molar-refractivity contribution is -0.138. The summed E-state index contributed by atoms with van der Waals surface area (Å²) in [5, 5.41) is 9.10. The summed E-state index contributed by atoms with van der Waals surface area (Å²) < 4.78 is 32.1. The fraction of sp³-hybridized carbons (Fsp3) is 0.529. The molecule has 1 amide bonds. The van der Waals surface area contributed by atoms with Gasteiger partial charge in [-0.3, -0.25) is 9.59 Å². The molecule has 2 atom stereocenters. The highest BCUT2D eigenvalue weighted by atomic mass is 32.2. The lowest BCUT2D eigenvalue weighted by Crippen LogP contribution is -2.37. The Morgan fingerprint density at radius 3 is 2.65 bits per heavy atom. The Balaban J connectivity index is 2.37. The normalized spacial score (nSPS) is 20.3. The number of rotatable bonds is 7. The second-order valence-electron chi connectivity index (χ2n) is 6.28. The van der Waals surface area contributed by atoms with Gasteiger partial charge in [0.25, 0.3) is 5.91 Å². The lowest BCUT2D eigenvalue weighted by Gasteiger charge is -2.24. The molecule has 0 bridgehead atoms. The van der Waals surface area contributed by atoms with Crippen LogP contribution in [0, 0.1) is 6.92 Å². The second-order valence-corrected chi connectivity index (χ2v) is 8.05. The molecule has 1 aromatic carbocycles. The van der Waals surface area contributed by atoms with Crippen molar-refractivity contribution in [3.63, 3.8) is 0 Å². The molecule has 2 rings (SSSR count). The van der Waals surface area contributed by atoms with Crippen molar-refractivity contribution in [2.75, 3.05) is 20.2 Å². The van der Waals surface area contributed by atoms with Crippen LogP contribution in [-0.4, -0.2) is 62.6 Å². The van der Waals surface area contributed by atoms with Crippen LogP contribution in [0.25, 0.3) is 0 Å². The zero-order valence-corrected chi connectivity index (χ0v) is 15.9. The maximum atomic E-state index is 13.0. The first-order valence-corrected chi connectivity index (χ1v) is 9.83. The molecular formula is C17H24N2O6S. The quantitative estimate of drug-likeness (QED) is 0.725. The molecule has 144 valence electrons. The number of ether oxygens (including phenoxy) is 1. The summed E-state index contributed by atoms with van der Waals surface area (Å²) in [7, 11) is -2.17. The average Bonchev–Trinajstić information content (AvgIpc) is 2.96. The second kappa shape index (κ2) is 8.15. The van der Waals surface area contributed by atoms with Crippen LogP contribution in [0.15, 0.2) is 23.1 Å². The largest absolute Gasteiger partial charge is 0.481 e. The fourth-order valence-electron chi connectivity index (χ4n) is 3.12. The number of benzene rings is 1. The van der Waals surface area contributed by atoms with Crippen LogP contribution >= 0.6 is 0 Å². The van der Waals surface area contributed by atoms with E-state index in [2.05, 4.69) is 4.72 Å². The predicted molar refractivity (Wildman–Crippen MR) is 94.5 cm³/mol. The van der Waals surface area contributed by atoms with Gasteiger partial charge in [0.1, 0.15) is 0 Å². The van der Waals surface area contributed by atoms with Crippen LogP contribution in [0.4, 0.5) is 0 Å². The minimum atomic E-state index is -3.69. The van der Waals surface area contributed by atoms with Crippen LogP contribution in [0.2, 0.25) is 0 Å². The molecule has 2 N–H and O–H groups in total. The molecular weight excluding hydrogens is 360 g/mol. The van der Waals surface area contributed by atoms with Gasteiger partial charge in [0.15, 0.2) is 0 Å². The van der Waals surface area contributed by atoms with E-state index < -0.39 is 22.0 Å². The van der Waals surface area contributed by atoms with Crippen molar-refractivity contribution < 1.29 is 27.9 Å². The third-order valence-electron chi connectivity index (χ3n) is 4.46. The van der Waals surface area contributed by atoms with Gasteiger partial charge in [-0.25, -0.2) is 13.1 Å². The Morgan fingerprint density at radius 1 is 1.38 bits per heavy atom. The standard InChI is InChI=1S/C17H24N2O6S/c1-4-18-26(23,24)14-6-5-11(2)15(9-14)17(22)19-10-13(25-3)7-12(19)8-16(20)21/h5-6,9,12-13,18H,4,7-8,10H2,1-3H3,(H,20,21). The number of nitrogens with zero attached hydrogens (tertiary/aromatic N) is 1. The van der Waals surface area contributed by atoms with Crippen LogP contribution < -0.4 is 4.72 Å². The molecule has 0 aliphatic carbocycles. The number of carboxylic acid groups (broad SMARTS) is 1. The summed E-state index contributed by atoms with van der Waals surface area (Å²) in [5.74, 6) is -1.38. The van der Waals surface area contributed by atoms with E-state index in [4.69, 9.17) is 9.84 Å². The Hall–Kier alpha value is -1.97. The molecule has 0 spiro atoms. The number of likely N-dealkylation sites (tertiary alicyclic amines) is 1. The molecule has 2 unspecified atom stereocenters. The number of hydrogen-bond acceptors (Lipinski definition) is 5. The third-order valence-corrected chi connectivity index (χ3v) is 6.01. The van der Waals surface area contributed by atoms with Crippen LogP contribution in [0.3, 0.4) is 0 Å². The minimum absolute atomic E-state index is 0.00516. The van der Waals surface area contributed by atoms with Crippen LogP contribution in [-0.2, 0) is 19.6 Å². The maximum Gasteiger partial charge on any atom is 0.305 e. The molecule has 0 radical (unpaired) electrons. The summed E-state index contributed by atoms with van der Waals surface area (Å²) in [6, 6.07) is 3.88. The van der Waals surface area contributed by atoms with Crippen LogP contribution in [0.5, 0.6) is 0 Å². The topological polar surface area (TPSA) is 113 Å². The molecule has 1 aliphatic heterocycles. The van der Waals surface area contributed by atoms with Gasteiger partial charge in [-0.15, -0.1) is 0 Å². The van der Waals surface area contributed by atoms with E-state index in [1.807, 2.05) is 0 Å². The van der Waals surface area contributed by atoms with E-state index in [0.717, 1.165) is 0 Å². The zero-order valence-electron chi connectivity index (χ0n) is 15.1. The number of carbonyl (C=O) groups excluding carboxylic acids is 1. The third kappa shape index (κ3) is 4.40. The molecule has 0 aromatic heterocycles. The van der Waals surface area contributed by atoms with E-state index >= 15 is 0 Å². The van der Waals surface area contributed by atoms with Gasteiger partial charge < -0.3 is 14.7 Å². The van der Waals surface area contributed by atoms with Gasteiger partial charge in [-0.05, 0) is 31.0 Å². The monoisotopic (exact) mass is 384 g/mol. The Labute approximate surface area is 153 Å². The molecule has 1 heterocycles. The van der Waals surface area contributed by atoms with E-state index in [-0.39, 0.29) is 42.0 Å². The molecule has 0 saturated carbocycles. The van der Waals surface area contributed by atoms with Gasteiger partial charge >= 0.3 is 5.97 Å². The van der Waals surface area contributed by atoms with E-state index in [9.17, 15) is 18.0 Å². The van der Waals surface area contributed by atoms with Crippen molar-refractivity contribution in [3.8, 4) is 0 Å². The number of amides is 1. The molecule has 8 nitrogen and oxygen atoms in total. The smallest absolute Gasteiger partial charge is 0.305 e. The van der Waals surface area contributed by atoms with Crippen molar-refractivity contribution >= 4 is 21.9 Å². The number of carbonyl (C=O) groups is 2. The summed E-state index contributed by atoms with van der Waals surface area (Å²) in [6.07, 6.45) is 0.0143. The Kier molecular flexibility index (Phi) is 6.38. The number of methoxy groups -OCH3 is 1. The van der Waals surface area contributed by atoms with E-state index in [1.54, 1.807) is 19.9 Å². The maximum absolute atomic E-state index is 13.0. The molecule has 9 heteroatoms. The van der Waals surface area contributed by atoms with Gasteiger partial charge in [0.2, 0.25) is 10.0 Å². The summed E-state index contributed by atoms with van der Waals surface area (Å²) in [4.78, 5) is 25.6. The number of aliphatic carboxylic acids is 1. The number of hydrogen-bond donors (Lipinski definition) is 2. The van der Waals surface area contributed by atoms with Crippen molar-refractivity contribution in [1.82, 2.24) is 9.62 Å². The average molecular weight is 384 g/mol. The predicted octanol–water partition coefficient (Wildman–Crippen LogP) is 0.997. The summed E-state index contributed by atoms with van der Waals surface area (Å²) >= 11 is 0. The Morgan fingerprint density at radius 2 is 2.08 bits per heavy atom. The van der Waals surface area contributed by atoms with E-state index in [1.165, 1.54) is 24.1 Å². The highest BCUT2D eigenvalue weighted by Crippen LogP contribution is 2.26. The minimum Gasteiger partial charge on any atom is -0.481 e. The number of aryl methyl sites for hydroxylation is 1. The van der Waals surface area contributed by atoms with Gasteiger partial charge in [0.05, 0.1) is 17.4 Å². The molecule has 1 fully saturated rings. The first-order chi connectivity index (χ1) is 12.2. The summed E-state index contributed by atoms with van der Waals surface area (Å²) in [5.41, 5.74) is 0.872. The number of carboxylic acids is 1. The SMILES string of the molecule is CCNS(=O)(=O)c1ccc(C)c(C(=O)N2CC(OC)CC2CC(=O)O)c1. The first-order valence-electron chi connectivity index (χ1n) is 8.35. The number of sulfonamides is 1. The first kappa shape index (κ1) is 20.3. The van der Waals surface area contributed by atoms with Crippen molar-refractivity contribution in [2.24, 2.45) is 0 Å². The van der Waals surface area contributed by atoms with Crippen molar-refractivity contribution in [1.29, 1.82) is 0 Å². The highest BCUT2D eigenvalue weighted by Gasteiger charge is 2.37. The summed E-state index contributed by atoms with van der Waals surface area (Å²) in [6.45, 7) is 3.90. The molecule has 1 aromatic rings. The fourth-order valence-corrected chi connectivity index (χ4v) is 4.18. The van der Waals surface area contributed by atoms with Gasteiger partial charge in [-0.2, -0.15) is 0 Å². The molecule has 1 aliphatic rings. The lowest BCUT2D eigenvalue weighted by atomic mass is 10.1. The van der Waals surface area contributed by atoms with Crippen molar-refractivity contribution in [2.45, 2.75) is 43.7 Å².